The van der Waals surface area contributed by atoms with Crippen molar-refractivity contribution in [3.8, 4) is 17.1 Å². The van der Waals surface area contributed by atoms with Gasteiger partial charge in [-0.3, -0.25) is 9.36 Å². The van der Waals surface area contributed by atoms with Gasteiger partial charge in [-0.1, -0.05) is 23.9 Å². The Hall–Kier alpha value is -2.74. The van der Waals surface area contributed by atoms with Gasteiger partial charge in [0.2, 0.25) is 5.91 Å². The largest absolute Gasteiger partial charge is 0.495 e. The quantitative estimate of drug-likeness (QED) is 0.614. The lowest BCUT2D eigenvalue weighted by Gasteiger charge is -2.13. The summed E-state index contributed by atoms with van der Waals surface area (Å²) >= 11 is 1.35. The van der Waals surface area contributed by atoms with Crippen LogP contribution in [0.4, 0.5) is 5.69 Å². The van der Waals surface area contributed by atoms with Crippen molar-refractivity contribution in [1.29, 1.82) is 0 Å². The van der Waals surface area contributed by atoms with Crippen LogP contribution >= 0.6 is 11.8 Å². The van der Waals surface area contributed by atoms with Crippen LogP contribution in [0.25, 0.3) is 11.4 Å². The van der Waals surface area contributed by atoms with E-state index in [1.807, 2.05) is 29.7 Å². The lowest BCUT2D eigenvalue weighted by molar-refractivity contribution is -0.113. The molecule has 1 aromatic carbocycles. The van der Waals surface area contributed by atoms with Gasteiger partial charge in [0.05, 0.1) is 30.4 Å². The number of aromatic nitrogens is 3. The second-order valence-corrected chi connectivity index (χ2v) is 7.14. The molecule has 3 aromatic rings. The van der Waals surface area contributed by atoms with Crippen molar-refractivity contribution in [2.45, 2.75) is 32.0 Å². The summed E-state index contributed by atoms with van der Waals surface area (Å²) in [4.78, 5) is 12.4. The fourth-order valence-corrected chi connectivity index (χ4v) is 3.57. The number of hydrogen-bond acceptors (Lipinski definition) is 6. The minimum absolute atomic E-state index is 0.135. The summed E-state index contributed by atoms with van der Waals surface area (Å²) in [5.41, 5.74) is 1.55. The first kappa shape index (κ1) is 19.0. The molecular weight excluding hydrogens is 364 g/mol. The maximum atomic E-state index is 12.4. The van der Waals surface area contributed by atoms with Crippen LogP contribution in [0.15, 0.2) is 46.2 Å². The molecule has 27 heavy (non-hydrogen) atoms. The molecule has 0 aliphatic carbocycles. The number of rotatable bonds is 7. The van der Waals surface area contributed by atoms with Crippen LogP contribution in [0.5, 0.6) is 5.75 Å². The predicted octanol–water partition coefficient (Wildman–Crippen LogP) is 4.17. The van der Waals surface area contributed by atoms with Gasteiger partial charge in [0.1, 0.15) is 11.5 Å². The van der Waals surface area contributed by atoms with E-state index in [4.69, 9.17) is 9.15 Å². The van der Waals surface area contributed by atoms with Crippen molar-refractivity contribution in [2.24, 2.45) is 0 Å². The van der Waals surface area contributed by atoms with Crippen molar-refractivity contribution in [3.63, 3.8) is 0 Å². The third kappa shape index (κ3) is 4.16. The van der Waals surface area contributed by atoms with E-state index in [1.54, 1.807) is 25.5 Å². The van der Waals surface area contributed by atoms with E-state index in [2.05, 4.69) is 29.4 Å². The fraction of sp³-hybridized carbons (Fsp3) is 0.316. The van der Waals surface area contributed by atoms with Crippen LogP contribution in [0.1, 0.15) is 25.6 Å². The molecule has 0 saturated carbocycles. The first-order chi connectivity index (χ1) is 13.0. The van der Waals surface area contributed by atoms with E-state index < -0.39 is 0 Å². The number of anilines is 1. The van der Waals surface area contributed by atoms with Crippen molar-refractivity contribution in [2.75, 3.05) is 18.2 Å². The number of furan rings is 1. The molecule has 0 unspecified atom stereocenters. The second kappa shape index (κ2) is 8.30. The summed E-state index contributed by atoms with van der Waals surface area (Å²) in [7, 11) is 1.57. The monoisotopic (exact) mass is 386 g/mol. The maximum Gasteiger partial charge on any atom is 0.234 e. The standard InChI is InChI=1S/C19H22N4O3S/c1-12(2)23-18(14-9-10-26-13(14)3)21-22-19(23)27-11-17(24)20-15-7-5-6-8-16(15)25-4/h5-10,12H,11H2,1-4H3,(H,20,24). The molecule has 0 atom stereocenters. The highest BCUT2D eigenvalue weighted by molar-refractivity contribution is 7.99. The van der Waals surface area contributed by atoms with E-state index in [-0.39, 0.29) is 17.7 Å². The molecule has 0 aliphatic heterocycles. The molecule has 3 rings (SSSR count). The van der Waals surface area contributed by atoms with Gasteiger partial charge >= 0.3 is 0 Å². The van der Waals surface area contributed by atoms with Gasteiger partial charge in [-0.25, -0.2) is 0 Å². The van der Waals surface area contributed by atoms with E-state index in [0.29, 0.717) is 16.6 Å². The number of ether oxygens (including phenoxy) is 1. The first-order valence-electron chi connectivity index (χ1n) is 8.56. The zero-order chi connectivity index (χ0) is 19.4. The predicted molar refractivity (Wildman–Crippen MR) is 105 cm³/mol. The highest BCUT2D eigenvalue weighted by Crippen LogP contribution is 2.30. The first-order valence-corrected chi connectivity index (χ1v) is 9.54. The second-order valence-electron chi connectivity index (χ2n) is 6.20. The Labute approximate surface area is 162 Å². The van der Waals surface area contributed by atoms with Gasteiger partial charge in [0.25, 0.3) is 0 Å². The highest BCUT2D eigenvalue weighted by atomic mass is 32.2. The minimum Gasteiger partial charge on any atom is -0.495 e. The van der Waals surface area contributed by atoms with Gasteiger partial charge in [-0.05, 0) is 39.0 Å². The molecule has 0 bridgehead atoms. The number of hydrogen-bond donors (Lipinski definition) is 1. The van der Waals surface area contributed by atoms with Crippen LogP contribution in [-0.4, -0.2) is 33.5 Å². The van der Waals surface area contributed by atoms with Gasteiger partial charge in [0.15, 0.2) is 11.0 Å². The molecule has 0 aliphatic rings. The summed E-state index contributed by atoms with van der Waals surface area (Å²) in [6, 6.07) is 9.33. The summed E-state index contributed by atoms with van der Waals surface area (Å²) in [5.74, 6) is 2.23. The molecule has 0 radical (unpaired) electrons. The molecule has 0 spiro atoms. The third-order valence-corrected chi connectivity index (χ3v) is 4.94. The number of thioether (sulfide) groups is 1. The van der Waals surface area contributed by atoms with Crippen LogP contribution in [-0.2, 0) is 4.79 Å². The average Bonchev–Trinajstić information content (AvgIpc) is 3.26. The van der Waals surface area contributed by atoms with Crippen molar-refractivity contribution >= 4 is 23.4 Å². The highest BCUT2D eigenvalue weighted by Gasteiger charge is 2.20. The number of carbonyl (C=O) groups is 1. The normalized spacial score (nSPS) is 11.0. The Kier molecular flexibility index (Phi) is 5.85. The fourth-order valence-electron chi connectivity index (χ4n) is 2.71. The molecule has 2 aromatic heterocycles. The lowest BCUT2D eigenvalue weighted by atomic mass is 10.2. The Balaban J connectivity index is 1.74. The molecule has 0 fully saturated rings. The Bertz CT molecular complexity index is 933. The van der Waals surface area contributed by atoms with E-state index in [9.17, 15) is 4.79 Å². The average molecular weight is 386 g/mol. The smallest absolute Gasteiger partial charge is 0.234 e. The van der Waals surface area contributed by atoms with Crippen LogP contribution < -0.4 is 10.1 Å². The van der Waals surface area contributed by atoms with Crippen LogP contribution in [0.3, 0.4) is 0 Å². The number of carbonyl (C=O) groups excluding carboxylic acids is 1. The zero-order valence-corrected chi connectivity index (χ0v) is 16.5. The van der Waals surface area contributed by atoms with Gasteiger partial charge in [-0.2, -0.15) is 0 Å². The van der Waals surface area contributed by atoms with Crippen molar-refractivity contribution in [1.82, 2.24) is 14.8 Å². The van der Waals surface area contributed by atoms with E-state index in [0.717, 1.165) is 17.1 Å². The Morgan fingerprint density at radius 1 is 1.30 bits per heavy atom. The molecule has 142 valence electrons. The van der Waals surface area contributed by atoms with E-state index in [1.165, 1.54) is 11.8 Å². The Morgan fingerprint density at radius 2 is 2.07 bits per heavy atom. The molecule has 8 heteroatoms. The zero-order valence-electron chi connectivity index (χ0n) is 15.7. The molecular formula is C19H22N4O3S. The topological polar surface area (TPSA) is 82.2 Å². The van der Waals surface area contributed by atoms with Gasteiger partial charge in [0, 0.05) is 6.04 Å². The van der Waals surface area contributed by atoms with Crippen molar-refractivity contribution in [3.05, 3.63) is 42.4 Å². The Morgan fingerprint density at radius 3 is 2.74 bits per heavy atom. The molecule has 0 saturated heterocycles. The maximum absolute atomic E-state index is 12.4. The minimum atomic E-state index is -0.135. The summed E-state index contributed by atoms with van der Waals surface area (Å²) < 4.78 is 12.7. The number of nitrogens with one attached hydrogen (secondary N) is 1. The number of benzene rings is 1. The summed E-state index contributed by atoms with van der Waals surface area (Å²) in [6.07, 6.45) is 1.64. The third-order valence-electron chi connectivity index (χ3n) is 3.99. The number of para-hydroxylation sites is 2. The number of amides is 1. The molecule has 1 N–H and O–H groups in total. The number of nitrogens with zero attached hydrogens (tertiary/aromatic N) is 3. The number of methoxy groups -OCH3 is 1. The van der Waals surface area contributed by atoms with E-state index >= 15 is 0 Å². The van der Waals surface area contributed by atoms with Crippen molar-refractivity contribution < 1.29 is 13.9 Å². The molecule has 7 nitrogen and oxygen atoms in total. The molecule has 1 amide bonds. The lowest BCUT2D eigenvalue weighted by Crippen LogP contribution is -2.15. The van der Waals surface area contributed by atoms with Crippen LogP contribution in [0, 0.1) is 6.92 Å². The van der Waals surface area contributed by atoms with Gasteiger partial charge in [-0.15, -0.1) is 10.2 Å². The summed E-state index contributed by atoms with van der Waals surface area (Å²) in [6.45, 7) is 6.00. The van der Waals surface area contributed by atoms with Gasteiger partial charge < -0.3 is 14.5 Å². The summed E-state index contributed by atoms with van der Waals surface area (Å²) in [5, 5.41) is 12.1. The SMILES string of the molecule is COc1ccccc1NC(=O)CSc1nnc(-c2ccoc2C)n1C(C)C. The number of aryl methyl sites for hydroxylation is 1. The molecule has 2 heterocycles. The van der Waals surface area contributed by atoms with Crippen LogP contribution in [0.2, 0.25) is 0 Å².